The fourth-order valence-electron chi connectivity index (χ4n) is 2.70. The third kappa shape index (κ3) is 2.35. The van der Waals surface area contributed by atoms with E-state index in [1.165, 1.54) is 22.8 Å². The molecule has 0 aliphatic carbocycles. The van der Waals surface area contributed by atoms with E-state index in [1.807, 2.05) is 25.1 Å². The van der Waals surface area contributed by atoms with Crippen molar-refractivity contribution in [2.75, 3.05) is 10.8 Å². The first-order chi connectivity index (χ1) is 10.00. The molecule has 110 valence electrons. The van der Waals surface area contributed by atoms with E-state index in [4.69, 9.17) is 0 Å². The number of para-hydroxylation sites is 1. The minimum absolute atomic E-state index is 0.206. The zero-order valence-corrected chi connectivity index (χ0v) is 12.4. The highest BCUT2D eigenvalue weighted by Gasteiger charge is 2.32. The molecule has 0 radical (unpaired) electrons. The molecule has 0 bridgehead atoms. The Kier molecular flexibility index (Phi) is 3.33. The molecule has 1 atom stereocenters. The molecule has 1 aliphatic heterocycles. The first kappa shape index (κ1) is 13.9. The van der Waals surface area contributed by atoms with E-state index in [2.05, 4.69) is 4.98 Å². The van der Waals surface area contributed by atoms with Gasteiger partial charge in [0.2, 0.25) is 5.43 Å². The van der Waals surface area contributed by atoms with Gasteiger partial charge in [0.15, 0.2) is 4.90 Å². The summed E-state index contributed by atoms with van der Waals surface area (Å²) in [6, 6.07) is 8.66. The summed E-state index contributed by atoms with van der Waals surface area (Å²) in [5.41, 5.74) is 1.16. The summed E-state index contributed by atoms with van der Waals surface area (Å²) in [6.07, 6.45) is 3.51. The average Bonchev–Trinajstić information content (AvgIpc) is 2.46. The van der Waals surface area contributed by atoms with Crippen LogP contribution in [0.4, 0.5) is 5.69 Å². The van der Waals surface area contributed by atoms with Crippen LogP contribution in [0.2, 0.25) is 0 Å². The molecule has 0 fully saturated rings. The molecular formula is C15H16N2O3S. The highest BCUT2D eigenvalue weighted by Crippen LogP contribution is 2.32. The van der Waals surface area contributed by atoms with Gasteiger partial charge in [0.25, 0.3) is 10.0 Å². The first-order valence-electron chi connectivity index (χ1n) is 6.78. The highest BCUT2D eigenvalue weighted by atomic mass is 32.2. The van der Waals surface area contributed by atoms with Crippen LogP contribution in [0.15, 0.2) is 52.4 Å². The number of aromatic nitrogens is 1. The van der Waals surface area contributed by atoms with Gasteiger partial charge in [-0.25, -0.2) is 8.42 Å². The lowest BCUT2D eigenvalue weighted by Crippen LogP contribution is -2.40. The number of nitrogens with one attached hydrogen (secondary N) is 1. The van der Waals surface area contributed by atoms with Crippen molar-refractivity contribution in [3.05, 3.63) is 58.5 Å². The number of pyridine rings is 1. The predicted octanol–water partition coefficient (Wildman–Crippen LogP) is 1.76. The van der Waals surface area contributed by atoms with E-state index in [1.54, 1.807) is 6.07 Å². The lowest BCUT2D eigenvalue weighted by Gasteiger charge is -2.33. The Hall–Kier alpha value is -2.08. The van der Waals surface area contributed by atoms with Gasteiger partial charge < -0.3 is 4.98 Å². The average molecular weight is 304 g/mol. The largest absolute Gasteiger partial charge is 0.366 e. The van der Waals surface area contributed by atoms with Gasteiger partial charge in [0.1, 0.15) is 0 Å². The van der Waals surface area contributed by atoms with E-state index in [9.17, 15) is 13.2 Å². The summed E-state index contributed by atoms with van der Waals surface area (Å²) in [5, 5.41) is 0. The van der Waals surface area contributed by atoms with E-state index < -0.39 is 15.5 Å². The van der Waals surface area contributed by atoms with Gasteiger partial charge in [-0.05, 0) is 24.0 Å². The molecule has 1 unspecified atom stereocenters. The quantitative estimate of drug-likeness (QED) is 0.919. The monoisotopic (exact) mass is 304 g/mol. The number of benzene rings is 1. The SMILES string of the molecule is CC1Cc2ccccc2N(S(=O)(=O)c2c[nH]ccc2=O)C1. The van der Waals surface area contributed by atoms with Crippen molar-refractivity contribution in [1.29, 1.82) is 0 Å². The number of nitrogens with zero attached hydrogens (tertiary/aromatic N) is 1. The maximum atomic E-state index is 12.8. The van der Waals surface area contributed by atoms with Crippen LogP contribution in [0.5, 0.6) is 0 Å². The van der Waals surface area contributed by atoms with Crippen molar-refractivity contribution in [2.24, 2.45) is 5.92 Å². The van der Waals surface area contributed by atoms with Crippen molar-refractivity contribution in [3.8, 4) is 0 Å². The molecule has 3 rings (SSSR count). The lowest BCUT2D eigenvalue weighted by atomic mass is 9.96. The number of aromatic amines is 1. The molecule has 1 aromatic carbocycles. The normalized spacial score (nSPS) is 18.3. The van der Waals surface area contributed by atoms with Crippen molar-refractivity contribution in [1.82, 2.24) is 4.98 Å². The molecule has 2 aromatic rings. The van der Waals surface area contributed by atoms with Crippen molar-refractivity contribution in [2.45, 2.75) is 18.2 Å². The molecule has 5 nitrogen and oxygen atoms in total. The third-order valence-corrected chi connectivity index (χ3v) is 5.46. The summed E-state index contributed by atoms with van der Waals surface area (Å²) >= 11 is 0. The maximum Gasteiger partial charge on any atom is 0.269 e. The van der Waals surface area contributed by atoms with Crippen LogP contribution in [0.1, 0.15) is 12.5 Å². The predicted molar refractivity (Wildman–Crippen MR) is 80.9 cm³/mol. The zero-order valence-electron chi connectivity index (χ0n) is 11.6. The summed E-state index contributed by atoms with van der Waals surface area (Å²) in [4.78, 5) is 14.3. The van der Waals surface area contributed by atoms with Gasteiger partial charge >= 0.3 is 0 Å². The Morgan fingerprint density at radius 2 is 2.00 bits per heavy atom. The molecule has 1 aliphatic rings. The van der Waals surface area contributed by atoms with E-state index in [-0.39, 0.29) is 10.8 Å². The second kappa shape index (κ2) is 5.04. The Labute approximate surface area is 123 Å². The number of anilines is 1. The van der Waals surface area contributed by atoms with Crippen molar-refractivity contribution < 1.29 is 8.42 Å². The topological polar surface area (TPSA) is 70.2 Å². The van der Waals surface area contributed by atoms with Crippen LogP contribution >= 0.6 is 0 Å². The minimum atomic E-state index is -3.85. The van der Waals surface area contributed by atoms with Gasteiger partial charge in [0.05, 0.1) is 5.69 Å². The van der Waals surface area contributed by atoms with Gasteiger partial charge in [-0.3, -0.25) is 9.10 Å². The first-order valence-corrected chi connectivity index (χ1v) is 8.22. The summed E-state index contributed by atoms with van der Waals surface area (Å²) in [5.74, 6) is 0.206. The standard InChI is InChI=1S/C15H16N2O3S/c1-11-8-12-4-2-3-5-13(12)17(10-11)21(19,20)15-9-16-7-6-14(15)18/h2-7,9,11H,8,10H2,1H3,(H,16,18). The molecule has 1 N–H and O–H groups in total. The summed E-state index contributed by atoms with van der Waals surface area (Å²) in [6.45, 7) is 2.39. The van der Waals surface area contributed by atoms with Crippen LogP contribution in [0.3, 0.4) is 0 Å². The molecular weight excluding hydrogens is 288 g/mol. The molecule has 21 heavy (non-hydrogen) atoms. The second-order valence-corrected chi connectivity index (χ2v) is 7.18. The highest BCUT2D eigenvalue weighted by molar-refractivity contribution is 7.92. The number of rotatable bonds is 2. The fourth-order valence-corrected chi connectivity index (χ4v) is 4.36. The Balaban J connectivity index is 2.17. The van der Waals surface area contributed by atoms with E-state index in [0.29, 0.717) is 12.2 Å². The number of hydrogen-bond donors (Lipinski definition) is 1. The van der Waals surface area contributed by atoms with Crippen molar-refractivity contribution in [3.63, 3.8) is 0 Å². The number of hydrogen-bond acceptors (Lipinski definition) is 3. The molecule has 0 amide bonds. The molecule has 1 aromatic heterocycles. The van der Waals surface area contributed by atoms with Gasteiger partial charge in [-0.1, -0.05) is 25.1 Å². The lowest BCUT2D eigenvalue weighted by molar-refractivity contribution is 0.544. The van der Waals surface area contributed by atoms with E-state index >= 15 is 0 Å². The minimum Gasteiger partial charge on any atom is -0.366 e. The third-order valence-electron chi connectivity index (χ3n) is 3.66. The number of fused-ring (bicyclic) bond motifs is 1. The summed E-state index contributed by atoms with van der Waals surface area (Å²) < 4.78 is 27.0. The molecule has 2 heterocycles. The van der Waals surface area contributed by atoms with Crippen LogP contribution < -0.4 is 9.73 Å². The number of H-pyrrole nitrogens is 1. The smallest absolute Gasteiger partial charge is 0.269 e. The van der Waals surface area contributed by atoms with Gasteiger partial charge in [-0.15, -0.1) is 0 Å². The zero-order chi connectivity index (χ0) is 15.0. The fraction of sp³-hybridized carbons (Fsp3) is 0.267. The van der Waals surface area contributed by atoms with Crippen LogP contribution in [-0.4, -0.2) is 19.9 Å². The van der Waals surface area contributed by atoms with Crippen LogP contribution in [0.25, 0.3) is 0 Å². The molecule has 6 heteroatoms. The van der Waals surface area contributed by atoms with E-state index in [0.717, 1.165) is 12.0 Å². The Bertz CT molecular complexity index is 827. The molecule has 0 saturated carbocycles. The Morgan fingerprint density at radius 1 is 1.24 bits per heavy atom. The summed E-state index contributed by atoms with van der Waals surface area (Å²) in [7, 11) is -3.85. The van der Waals surface area contributed by atoms with Gasteiger partial charge in [-0.2, -0.15) is 0 Å². The van der Waals surface area contributed by atoms with Gasteiger partial charge in [0, 0.05) is 25.0 Å². The van der Waals surface area contributed by atoms with Crippen LogP contribution in [-0.2, 0) is 16.4 Å². The maximum absolute atomic E-state index is 12.8. The second-order valence-electron chi connectivity index (χ2n) is 5.35. The number of sulfonamides is 1. The molecule has 0 spiro atoms. The molecule has 0 saturated heterocycles. The van der Waals surface area contributed by atoms with Crippen LogP contribution in [0, 0.1) is 5.92 Å². The Morgan fingerprint density at radius 3 is 2.76 bits per heavy atom. The van der Waals surface area contributed by atoms with Crippen molar-refractivity contribution >= 4 is 15.7 Å².